The minimum atomic E-state index is 0.524. The summed E-state index contributed by atoms with van der Waals surface area (Å²) < 4.78 is 9.52. The standard InChI is InChI=1S/C44H24N4S2/c45-23-25-17-18-26(24-46)42(48-34-14-6-2-12-32(34)40-36(48)22-20-30-28-10-4-8-16-38(28)50-44(30)40)41(25)47-33-13-5-1-11-31(33)39-35(47)21-19-29-27-9-3-7-15-37(27)49-43(29)39/h1,3-5,7-22H,2,6H2. The highest BCUT2D eigenvalue weighted by molar-refractivity contribution is 7.27. The summed E-state index contributed by atoms with van der Waals surface area (Å²) in [6.07, 6.45) is 6.54. The van der Waals surface area contributed by atoms with Gasteiger partial charge in [0, 0.05) is 67.1 Å². The lowest BCUT2D eigenvalue weighted by Crippen LogP contribution is -2.31. The van der Waals surface area contributed by atoms with Gasteiger partial charge in [-0.05, 0) is 55.3 Å². The topological polar surface area (TPSA) is 57.4 Å². The van der Waals surface area contributed by atoms with Crippen molar-refractivity contribution < 1.29 is 0 Å². The molecule has 11 rings (SSSR count). The number of nitrogens with zero attached hydrogens (tertiary/aromatic N) is 4. The molecule has 0 saturated heterocycles. The zero-order valence-electron chi connectivity index (χ0n) is 26.6. The van der Waals surface area contributed by atoms with Gasteiger partial charge in [-0.3, -0.25) is 0 Å². The van der Waals surface area contributed by atoms with E-state index in [1.807, 2.05) is 34.8 Å². The Labute approximate surface area is 293 Å². The number of rotatable bonds is 2. The summed E-state index contributed by atoms with van der Waals surface area (Å²) >= 11 is 3.64. The minimum absolute atomic E-state index is 0.524. The molecule has 0 N–H and O–H groups in total. The Morgan fingerprint density at radius 3 is 1.68 bits per heavy atom. The van der Waals surface area contributed by atoms with Gasteiger partial charge in [0.1, 0.15) is 12.1 Å². The molecule has 1 aliphatic rings. The Morgan fingerprint density at radius 2 is 1.02 bits per heavy atom. The van der Waals surface area contributed by atoms with E-state index in [9.17, 15) is 10.5 Å². The minimum Gasteiger partial charge on any atom is -0.306 e. The smallest absolute Gasteiger partial charge is 0.101 e. The van der Waals surface area contributed by atoms with E-state index in [4.69, 9.17) is 0 Å². The number of thiophene rings is 2. The summed E-state index contributed by atoms with van der Waals surface area (Å²) in [4.78, 5) is 0. The summed E-state index contributed by atoms with van der Waals surface area (Å²) in [6, 6.07) is 43.3. The van der Waals surface area contributed by atoms with Crippen molar-refractivity contribution in [3.63, 3.8) is 0 Å². The predicted octanol–water partition coefficient (Wildman–Crippen LogP) is 10.6. The highest BCUT2D eigenvalue weighted by Gasteiger charge is 2.26. The van der Waals surface area contributed by atoms with Gasteiger partial charge in [0.2, 0.25) is 0 Å². The summed E-state index contributed by atoms with van der Waals surface area (Å²) in [6.45, 7) is 0. The second kappa shape index (κ2) is 10.2. The van der Waals surface area contributed by atoms with Crippen LogP contribution in [-0.4, -0.2) is 9.13 Å². The van der Waals surface area contributed by atoms with Gasteiger partial charge in [0.25, 0.3) is 0 Å². The molecule has 0 atom stereocenters. The van der Waals surface area contributed by atoms with Gasteiger partial charge in [-0.1, -0.05) is 78.9 Å². The molecule has 4 nitrogen and oxygen atoms in total. The average Bonchev–Trinajstić information content (AvgIpc) is 3.91. The lowest BCUT2D eigenvalue weighted by molar-refractivity contribution is 0.996. The molecule has 0 saturated carbocycles. The molecule has 0 radical (unpaired) electrons. The fourth-order valence-corrected chi connectivity index (χ4v) is 10.9. The van der Waals surface area contributed by atoms with Crippen molar-refractivity contribution in [2.45, 2.75) is 12.8 Å². The third-order valence-corrected chi connectivity index (χ3v) is 12.8. The van der Waals surface area contributed by atoms with Gasteiger partial charge in [-0.2, -0.15) is 10.5 Å². The Balaban J connectivity index is 1.35. The molecule has 10 aromatic rings. The van der Waals surface area contributed by atoms with Crippen molar-refractivity contribution in [3.05, 3.63) is 131 Å². The van der Waals surface area contributed by atoms with Gasteiger partial charge >= 0.3 is 0 Å². The summed E-state index contributed by atoms with van der Waals surface area (Å²) in [5, 5.41) is 32.4. The van der Waals surface area contributed by atoms with Crippen LogP contribution in [0.1, 0.15) is 24.0 Å². The maximum atomic E-state index is 10.8. The van der Waals surface area contributed by atoms with Crippen LogP contribution in [0.15, 0.2) is 109 Å². The first-order valence-electron chi connectivity index (χ1n) is 16.7. The zero-order chi connectivity index (χ0) is 33.1. The number of hydrogen-bond acceptors (Lipinski definition) is 4. The highest BCUT2D eigenvalue weighted by Crippen LogP contribution is 2.45. The van der Waals surface area contributed by atoms with Gasteiger partial charge in [0.05, 0.1) is 39.1 Å². The molecule has 1 aliphatic carbocycles. The number of benzene rings is 6. The van der Waals surface area contributed by atoms with Crippen LogP contribution in [0.2, 0.25) is 0 Å². The molecule has 0 spiro atoms. The summed E-state index contributed by atoms with van der Waals surface area (Å²) in [7, 11) is 0. The molecule has 232 valence electrons. The van der Waals surface area contributed by atoms with Crippen molar-refractivity contribution >= 4 is 108 Å². The van der Waals surface area contributed by atoms with E-state index in [1.165, 1.54) is 56.3 Å². The molecule has 0 bridgehead atoms. The number of hydrogen-bond donors (Lipinski definition) is 0. The normalized spacial score (nSPS) is 12.9. The number of nitriles is 2. The average molecular weight is 673 g/mol. The Kier molecular flexibility index (Phi) is 5.64. The van der Waals surface area contributed by atoms with Crippen molar-refractivity contribution in [1.82, 2.24) is 9.13 Å². The van der Waals surface area contributed by atoms with E-state index in [0.717, 1.165) is 51.5 Å². The third-order valence-electron chi connectivity index (χ3n) is 10.4. The van der Waals surface area contributed by atoms with Crippen molar-refractivity contribution in [3.8, 4) is 23.5 Å². The molecule has 0 fully saturated rings. The van der Waals surface area contributed by atoms with Gasteiger partial charge in [0.15, 0.2) is 0 Å². The number of fused-ring (bicyclic) bond motifs is 14. The summed E-state index contributed by atoms with van der Waals surface area (Å²) in [5.74, 6) is 0. The fraction of sp³-hybridized carbons (Fsp3) is 0.0455. The van der Waals surface area contributed by atoms with E-state index < -0.39 is 0 Å². The van der Waals surface area contributed by atoms with Crippen LogP contribution in [0, 0.1) is 22.7 Å². The highest BCUT2D eigenvalue weighted by atomic mass is 32.1. The van der Waals surface area contributed by atoms with Gasteiger partial charge in [-0.15, -0.1) is 22.7 Å². The lowest BCUT2D eigenvalue weighted by Gasteiger charge is -2.19. The van der Waals surface area contributed by atoms with Crippen molar-refractivity contribution in [2.75, 3.05) is 0 Å². The largest absolute Gasteiger partial charge is 0.306 e. The molecular formula is C44H24N4S2. The second-order valence-electron chi connectivity index (χ2n) is 12.9. The van der Waals surface area contributed by atoms with Crippen molar-refractivity contribution in [2.24, 2.45) is 0 Å². The monoisotopic (exact) mass is 672 g/mol. The Morgan fingerprint density at radius 1 is 0.480 bits per heavy atom. The van der Waals surface area contributed by atoms with Crippen LogP contribution < -0.4 is 10.6 Å². The van der Waals surface area contributed by atoms with E-state index in [2.05, 4.69) is 130 Å². The molecule has 6 heteroatoms. The van der Waals surface area contributed by atoms with E-state index in [-0.39, 0.29) is 0 Å². The number of para-hydroxylation sites is 1. The zero-order valence-corrected chi connectivity index (χ0v) is 28.2. The fourth-order valence-electron chi connectivity index (χ4n) is 8.39. The molecule has 50 heavy (non-hydrogen) atoms. The predicted molar refractivity (Wildman–Crippen MR) is 210 cm³/mol. The van der Waals surface area contributed by atoms with Crippen LogP contribution in [0.25, 0.3) is 96.6 Å². The van der Waals surface area contributed by atoms with Crippen LogP contribution in [-0.2, 0) is 0 Å². The lowest BCUT2D eigenvalue weighted by atomic mass is 10.1. The molecule has 6 aromatic carbocycles. The maximum Gasteiger partial charge on any atom is 0.101 e. The molecular weight excluding hydrogens is 649 g/mol. The second-order valence-corrected chi connectivity index (χ2v) is 15.0. The first-order valence-corrected chi connectivity index (χ1v) is 18.3. The Bertz CT molecular complexity index is 3350. The first-order chi connectivity index (χ1) is 24.7. The third kappa shape index (κ3) is 3.51. The van der Waals surface area contributed by atoms with Crippen LogP contribution in [0.3, 0.4) is 0 Å². The molecule has 0 amide bonds. The molecule has 0 unspecified atom stereocenters. The van der Waals surface area contributed by atoms with Gasteiger partial charge in [-0.25, -0.2) is 0 Å². The van der Waals surface area contributed by atoms with E-state index >= 15 is 0 Å². The van der Waals surface area contributed by atoms with E-state index in [0.29, 0.717) is 11.1 Å². The maximum absolute atomic E-state index is 10.8. The van der Waals surface area contributed by atoms with Crippen LogP contribution >= 0.6 is 22.7 Å². The van der Waals surface area contributed by atoms with Crippen LogP contribution in [0.5, 0.6) is 0 Å². The summed E-state index contributed by atoms with van der Waals surface area (Å²) in [5.41, 5.74) is 5.60. The van der Waals surface area contributed by atoms with Crippen LogP contribution in [0.4, 0.5) is 0 Å². The number of aromatic nitrogens is 2. The quantitative estimate of drug-likeness (QED) is 0.184. The van der Waals surface area contributed by atoms with Crippen molar-refractivity contribution in [1.29, 1.82) is 10.5 Å². The van der Waals surface area contributed by atoms with E-state index in [1.54, 1.807) is 0 Å². The first kappa shape index (κ1) is 27.7. The van der Waals surface area contributed by atoms with Gasteiger partial charge < -0.3 is 9.13 Å². The molecule has 4 heterocycles. The SMILES string of the molecule is N#Cc1ccc(C#N)c(-n2c3ccccc3c3c4sc5ccccc5c4ccc32)c1-n1c2c(c3c4sc5ccccc5c4ccc31)=CCCC=2. The molecule has 0 aliphatic heterocycles. The Hall–Kier alpha value is -6.18. The molecule has 4 aromatic heterocycles.